The average Bonchev–Trinajstić information content (AvgIpc) is 3.05. The van der Waals surface area contributed by atoms with Crippen LogP contribution in [0.15, 0.2) is 53.3 Å². The highest BCUT2D eigenvalue weighted by molar-refractivity contribution is 5.89. The first-order valence-corrected chi connectivity index (χ1v) is 7.76. The molecule has 0 saturated carbocycles. The summed E-state index contributed by atoms with van der Waals surface area (Å²) in [5, 5.41) is 11.4. The zero-order valence-corrected chi connectivity index (χ0v) is 13.2. The van der Waals surface area contributed by atoms with Gasteiger partial charge in [-0.1, -0.05) is 24.3 Å². The van der Waals surface area contributed by atoms with E-state index in [1.165, 1.54) is 0 Å². The van der Waals surface area contributed by atoms with Crippen LogP contribution in [-0.4, -0.2) is 21.8 Å². The molecule has 0 saturated heterocycles. The summed E-state index contributed by atoms with van der Waals surface area (Å²) in [4.78, 5) is 17.2. The predicted octanol–water partition coefficient (Wildman–Crippen LogP) is 3.24. The molecule has 2 aromatic carbocycles. The number of benzene rings is 2. The summed E-state index contributed by atoms with van der Waals surface area (Å²) in [6.45, 7) is 0.514. The molecule has 0 radical (unpaired) electrons. The van der Waals surface area contributed by atoms with Crippen molar-refractivity contribution in [3.05, 3.63) is 70.3 Å². The lowest BCUT2D eigenvalue weighted by Gasteiger charge is -2.10. The monoisotopic (exact) mass is 320 g/mol. The molecular formula is C19H16N2O3. The van der Waals surface area contributed by atoms with Gasteiger partial charge in [-0.15, -0.1) is 0 Å². The lowest BCUT2D eigenvalue weighted by Crippen LogP contribution is -2.20. The molecule has 1 aliphatic rings. The summed E-state index contributed by atoms with van der Waals surface area (Å²) in [5.41, 5.74) is 1.84. The van der Waals surface area contributed by atoms with Crippen LogP contribution in [0, 0.1) is 0 Å². The van der Waals surface area contributed by atoms with E-state index in [0.29, 0.717) is 46.6 Å². The van der Waals surface area contributed by atoms with Gasteiger partial charge in [0.1, 0.15) is 17.3 Å². The molecule has 0 spiro atoms. The first-order chi connectivity index (χ1) is 11.7. The van der Waals surface area contributed by atoms with Gasteiger partial charge in [0.25, 0.3) is 5.56 Å². The minimum Gasteiger partial charge on any atom is -0.507 e. The van der Waals surface area contributed by atoms with Gasteiger partial charge < -0.3 is 9.84 Å². The van der Waals surface area contributed by atoms with Gasteiger partial charge in [-0.25, -0.2) is 4.98 Å². The number of ether oxygens (including phenoxy) is 1. The van der Waals surface area contributed by atoms with E-state index in [0.717, 1.165) is 0 Å². The number of para-hydroxylation sites is 2. The van der Waals surface area contributed by atoms with Crippen LogP contribution in [0.2, 0.25) is 0 Å². The molecule has 0 unspecified atom stereocenters. The van der Waals surface area contributed by atoms with Crippen molar-refractivity contribution in [2.75, 3.05) is 7.11 Å². The maximum absolute atomic E-state index is 12.6. The van der Waals surface area contributed by atoms with E-state index < -0.39 is 0 Å². The third-order valence-corrected chi connectivity index (χ3v) is 4.36. The number of aliphatic hydroxyl groups excluding tert-OH is 1. The Bertz CT molecular complexity index is 1030. The van der Waals surface area contributed by atoms with Gasteiger partial charge in [0.15, 0.2) is 0 Å². The first kappa shape index (κ1) is 14.5. The topological polar surface area (TPSA) is 64.3 Å². The molecule has 5 nitrogen and oxygen atoms in total. The Balaban J connectivity index is 1.97. The van der Waals surface area contributed by atoms with Gasteiger partial charge in [0.05, 0.1) is 23.6 Å². The molecule has 0 amide bonds. The molecule has 2 heterocycles. The van der Waals surface area contributed by atoms with Crippen LogP contribution in [0.1, 0.15) is 17.8 Å². The molecule has 1 aliphatic heterocycles. The van der Waals surface area contributed by atoms with Crippen LogP contribution in [0.4, 0.5) is 0 Å². The number of fused-ring (bicyclic) bond motifs is 2. The van der Waals surface area contributed by atoms with E-state index in [1.54, 1.807) is 29.9 Å². The number of nitrogens with zero attached hydrogens (tertiary/aromatic N) is 2. The average molecular weight is 320 g/mol. The third kappa shape index (κ3) is 2.09. The fourth-order valence-electron chi connectivity index (χ4n) is 3.17. The van der Waals surface area contributed by atoms with Crippen LogP contribution < -0.4 is 10.3 Å². The summed E-state index contributed by atoms with van der Waals surface area (Å²) >= 11 is 0. The Hall–Kier alpha value is -3.08. The summed E-state index contributed by atoms with van der Waals surface area (Å²) in [5.74, 6) is 1.23. The smallest absolute Gasteiger partial charge is 0.261 e. The highest BCUT2D eigenvalue weighted by Gasteiger charge is 2.25. The standard InChI is InChI=1S/C19H16N2O3/c1-24-16-9-5-3-7-13(16)17(22)14-10-11-21-18(14)20-15-8-4-2-6-12(15)19(21)23/h2-9,22H,10-11H2,1H3/b17-14-. The summed E-state index contributed by atoms with van der Waals surface area (Å²) in [7, 11) is 1.57. The fourth-order valence-corrected chi connectivity index (χ4v) is 3.17. The van der Waals surface area contributed by atoms with Crippen LogP contribution in [-0.2, 0) is 6.54 Å². The van der Waals surface area contributed by atoms with E-state index in [4.69, 9.17) is 4.74 Å². The number of aliphatic hydroxyl groups is 1. The Morgan fingerprint density at radius 2 is 1.92 bits per heavy atom. The zero-order valence-electron chi connectivity index (χ0n) is 13.2. The van der Waals surface area contributed by atoms with Crippen molar-refractivity contribution in [2.24, 2.45) is 0 Å². The molecule has 0 aliphatic carbocycles. The molecule has 120 valence electrons. The number of hydrogen-bond donors (Lipinski definition) is 1. The summed E-state index contributed by atoms with van der Waals surface area (Å²) < 4.78 is 6.95. The lowest BCUT2D eigenvalue weighted by atomic mass is 10.1. The van der Waals surface area contributed by atoms with Crippen molar-refractivity contribution in [2.45, 2.75) is 13.0 Å². The minimum absolute atomic E-state index is 0.0709. The van der Waals surface area contributed by atoms with Crippen LogP contribution >= 0.6 is 0 Å². The SMILES string of the molecule is COc1ccccc1/C(O)=C1\CCn2c1nc1ccccc1c2=O. The second-order valence-corrected chi connectivity index (χ2v) is 5.69. The maximum atomic E-state index is 12.6. The largest absolute Gasteiger partial charge is 0.507 e. The summed E-state index contributed by atoms with van der Waals surface area (Å²) in [6, 6.07) is 14.5. The van der Waals surface area contributed by atoms with Crippen LogP contribution in [0.25, 0.3) is 22.2 Å². The van der Waals surface area contributed by atoms with E-state index in [9.17, 15) is 9.90 Å². The highest BCUT2D eigenvalue weighted by atomic mass is 16.5. The minimum atomic E-state index is -0.0709. The molecule has 5 heteroatoms. The van der Waals surface area contributed by atoms with Crippen LogP contribution in [0.3, 0.4) is 0 Å². The van der Waals surface area contributed by atoms with Gasteiger partial charge in [-0.3, -0.25) is 9.36 Å². The maximum Gasteiger partial charge on any atom is 0.261 e. The molecule has 3 aromatic rings. The first-order valence-electron chi connectivity index (χ1n) is 7.76. The molecule has 0 atom stereocenters. The Morgan fingerprint density at radius 1 is 1.17 bits per heavy atom. The van der Waals surface area contributed by atoms with Gasteiger partial charge in [0, 0.05) is 12.1 Å². The Morgan fingerprint density at radius 3 is 2.75 bits per heavy atom. The van der Waals surface area contributed by atoms with E-state index in [-0.39, 0.29) is 11.3 Å². The normalized spacial score (nSPS) is 15.4. The van der Waals surface area contributed by atoms with Gasteiger partial charge in [0.2, 0.25) is 0 Å². The second kappa shape index (κ2) is 5.53. The molecule has 24 heavy (non-hydrogen) atoms. The number of aromatic nitrogens is 2. The Kier molecular flexibility index (Phi) is 3.34. The third-order valence-electron chi connectivity index (χ3n) is 4.36. The van der Waals surface area contributed by atoms with Gasteiger partial charge in [-0.2, -0.15) is 0 Å². The van der Waals surface area contributed by atoms with E-state index in [2.05, 4.69) is 4.98 Å². The molecule has 4 rings (SSSR count). The lowest BCUT2D eigenvalue weighted by molar-refractivity contribution is 0.408. The van der Waals surface area contributed by atoms with Crippen molar-refractivity contribution in [1.29, 1.82) is 0 Å². The van der Waals surface area contributed by atoms with Crippen LogP contribution in [0.5, 0.6) is 5.75 Å². The number of hydrogen-bond acceptors (Lipinski definition) is 4. The number of allylic oxidation sites excluding steroid dienone is 1. The molecule has 1 N–H and O–H groups in total. The number of methoxy groups -OCH3 is 1. The fraction of sp³-hybridized carbons (Fsp3) is 0.158. The molecular weight excluding hydrogens is 304 g/mol. The predicted molar refractivity (Wildman–Crippen MR) is 93.1 cm³/mol. The molecule has 1 aromatic heterocycles. The van der Waals surface area contributed by atoms with Crippen molar-refractivity contribution >= 4 is 22.2 Å². The van der Waals surface area contributed by atoms with E-state index in [1.807, 2.05) is 30.3 Å². The van der Waals surface area contributed by atoms with Crippen molar-refractivity contribution in [3.63, 3.8) is 0 Å². The molecule has 0 bridgehead atoms. The Labute approximate surface area is 138 Å². The highest BCUT2D eigenvalue weighted by Crippen LogP contribution is 2.34. The second-order valence-electron chi connectivity index (χ2n) is 5.69. The van der Waals surface area contributed by atoms with Gasteiger partial charge >= 0.3 is 0 Å². The van der Waals surface area contributed by atoms with Crippen molar-refractivity contribution in [1.82, 2.24) is 9.55 Å². The van der Waals surface area contributed by atoms with Gasteiger partial charge in [-0.05, 0) is 30.7 Å². The zero-order chi connectivity index (χ0) is 16.7. The van der Waals surface area contributed by atoms with E-state index >= 15 is 0 Å². The van der Waals surface area contributed by atoms with Crippen molar-refractivity contribution < 1.29 is 9.84 Å². The summed E-state index contributed by atoms with van der Waals surface area (Å²) in [6.07, 6.45) is 0.558. The van der Waals surface area contributed by atoms with Crippen molar-refractivity contribution in [3.8, 4) is 5.75 Å². The quantitative estimate of drug-likeness (QED) is 0.736. The molecule has 0 fully saturated rings. The number of rotatable bonds is 2.